The topological polar surface area (TPSA) is 60.5 Å². The lowest BCUT2D eigenvalue weighted by atomic mass is 10.1. The molecule has 0 saturated heterocycles. The zero-order valence-corrected chi connectivity index (χ0v) is 7.34. The fourth-order valence-corrected chi connectivity index (χ4v) is 0.971. The third-order valence-corrected chi connectivity index (χ3v) is 1.63. The Hall–Kier alpha value is -2.08. The first-order valence-corrected chi connectivity index (χ1v) is 3.83. The Labute approximate surface area is 83.4 Å². The first-order chi connectivity index (χ1) is 6.99. The minimum atomic E-state index is -4.56. The maximum Gasteiger partial charge on any atom is 0.433 e. The van der Waals surface area contributed by atoms with Gasteiger partial charge in [0, 0.05) is 0 Å². The highest BCUT2D eigenvalue weighted by Crippen LogP contribution is 2.28. The van der Waals surface area contributed by atoms with Crippen LogP contribution in [0.3, 0.4) is 0 Å². The van der Waals surface area contributed by atoms with Crippen LogP contribution in [-0.2, 0) is 12.6 Å². The molecule has 76 valence electrons. The van der Waals surface area contributed by atoms with Crippen molar-refractivity contribution >= 4 is 0 Å². The Bertz CT molecular complexity index is 451. The molecule has 0 aliphatic rings. The van der Waals surface area contributed by atoms with Gasteiger partial charge in [0.15, 0.2) is 0 Å². The van der Waals surface area contributed by atoms with E-state index in [1.54, 1.807) is 12.1 Å². The second kappa shape index (κ2) is 3.97. The standard InChI is InChI=1S/C9H4F3N3/c10-9(11,12)8-2-1-6(5-14)7(15-8)3-4-13/h1-2H,3H2. The molecule has 0 aliphatic carbocycles. The summed E-state index contributed by atoms with van der Waals surface area (Å²) in [6.45, 7) is 0. The van der Waals surface area contributed by atoms with Gasteiger partial charge in [-0.1, -0.05) is 0 Å². The van der Waals surface area contributed by atoms with Crippen LogP contribution in [-0.4, -0.2) is 4.98 Å². The van der Waals surface area contributed by atoms with Crippen molar-refractivity contribution in [3.8, 4) is 12.1 Å². The fraction of sp³-hybridized carbons (Fsp3) is 0.222. The Kier molecular flexibility index (Phi) is 2.91. The van der Waals surface area contributed by atoms with Gasteiger partial charge in [-0.15, -0.1) is 0 Å². The molecular formula is C9H4F3N3. The average Bonchev–Trinajstić information content (AvgIpc) is 2.17. The predicted octanol–water partition coefficient (Wildman–Crippen LogP) is 2.04. The molecule has 3 nitrogen and oxygen atoms in total. The zero-order valence-electron chi connectivity index (χ0n) is 7.34. The van der Waals surface area contributed by atoms with Crippen molar-refractivity contribution in [1.29, 1.82) is 10.5 Å². The molecular weight excluding hydrogens is 207 g/mol. The maximum absolute atomic E-state index is 12.2. The second-order valence-electron chi connectivity index (χ2n) is 2.64. The Balaban J connectivity index is 3.25. The molecule has 0 saturated carbocycles. The van der Waals surface area contributed by atoms with Gasteiger partial charge >= 0.3 is 6.18 Å². The SMILES string of the molecule is N#CCc1nc(C(F)(F)F)ccc1C#N. The lowest BCUT2D eigenvalue weighted by molar-refractivity contribution is -0.141. The highest BCUT2D eigenvalue weighted by Gasteiger charge is 2.32. The summed E-state index contributed by atoms with van der Waals surface area (Å²) in [4.78, 5) is 3.23. The predicted molar refractivity (Wildman–Crippen MR) is 43.3 cm³/mol. The summed E-state index contributed by atoms with van der Waals surface area (Å²) in [6, 6.07) is 5.07. The van der Waals surface area contributed by atoms with E-state index in [1.165, 1.54) is 0 Å². The summed E-state index contributed by atoms with van der Waals surface area (Å²) < 4.78 is 36.6. The highest BCUT2D eigenvalue weighted by molar-refractivity contribution is 5.36. The van der Waals surface area contributed by atoms with Crippen LogP contribution in [0.4, 0.5) is 13.2 Å². The van der Waals surface area contributed by atoms with Crippen LogP contribution in [0.15, 0.2) is 12.1 Å². The van der Waals surface area contributed by atoms with Gasteiger partial charge in [-0.3, -0.25) is 0 Å². The van der Waals surface area contributed by atoms with Crippen LogP contribution in [0.1, 0.15) is 17.0 Å². The van der Waals surface area contributed by atoms with Crippen molar-refractivity contribution in [2.45, 2.75) is 12.6 Å². The van der Waals surface area contributed by atoms with Crippen LogP contribution >= 0.6 is 0 Å². The molecule has 0 radical (unpaired) electrons. The Morgan fingerprint density at radius 3 is 2.40 bits per heavy atom. The molecule has 0 N–H and O–H groups in total. The summed E-state index contributed by atoms with van der Waals surface area (Å²) in [5.74, 6) is 0. The lowest BCUT2D eigenvalue weighted by Gasteiger charge is -2.07. The third-order valence-electron chi connectivity index (χ3n) is 1.63. The fourth-order valence-electron chi connectivity index (χ4n) is 0.971. The van der Waals surface area contributed by atoms with Gasteiger partial charge in [-0.25, -0.2) is 4.98 Å². The van der Waals surface area contributed by atoms with E-state index in [0.717, 1.165) is 12.1 Å². The molecule has 1 heterocycles. The van der Waals surface area contributed by atoms with Crippen molar-refractivity contribution < 1.29 is 13.2 Å². The van der Waals surface area contributed by atoms with Crippen LogP contribution < -0.4 is 0 Å². The summed E-state index contributed by atoms with van der Waals surface area (Å²) in [6.07, 6.45) is -4.87. The van der Waals surface area contributed by atoms with E-state index in [4.69, 9.17) is 10.5 Å². The molecule has 1 aromatic heterocycles. The van der Waals surface area contributed by atoms with E-state index in [9.17, 15) is 13.2 Å². The Morgan fingerprint density at radius 1 is 1.27 bits per heavy atom. The third kappa shape index (κ3) is 2.44. The lowest BCUT2D eigenvalue weighted by Crippen LogP contribution is -2.10. The monoisotopic (exact) mass is 211 g/mol. The smallest absolute Gasteiger partial charge is 0.246 e. The van der Waals surface area contributed by atoms with Crippen molar-refractivity contribution in [1.82, 2.24) is 4.98 Å². The van der Waals surface area contributed by atoms with E-state index in [1.807, 2.05) is 0 Å². The maximum atomic E-state index is 12.2. The molecule has 6 heteroatoms. The van der Waals surface area contributed by atoms with Gasteiger partial charge in [0.05, 0.1) is 23.7 Å². The molecule has 0 unspecified atom stereocenters. The number of halogens is 3. The van der Waals surface area contributed by atoms with E-state index >= 15 is 0 Å². The van der Waals surface area contributed by atoms with Crippen molar-refractivity contribution in [2.24, 2.45) is 0 Å². The quantitative estimate of drug-likeness (QED) is 0.714. The van der Waals surface area contributed by atoms with E-state index in [-0.39, 0.29) is 17.7 Å². The minimum Gasteiger partial charge on any atom is -0.246 e. The van der Waals surface area contributed by atoms with E-state index in [0.29, 0.717) is 0 Å². The number of alkyl halides is 3. The van der Waals surface area contributed by atoms with Crippen molar-refractivity contribution in [3.63, 3.8) is 0 Å². The summed E-state index contributed by atoms with van der Waals surface area (Å²) in [5, 5.41) is 16.9. The normalized spacial score (nSPS) is 10.5. The van der Waals surface area contributed by atoms with Crippen molar-refractivity contribution in [2.75, 3.05) is 0 Å². The number of hydrogen-bond acceptors (Lipinski definition) is 3. The van der Waals surface area contributed by atoms with Crippen LogP contribution in [0.5, 0.6) is 0 Å². The number of aromatic nitrogens is 1. The number of pyridine rings is 1. The molecule has 0 spiro atoms. The zero-order chi connectivity index (χ0) is 11.5. The van der Waals surface area contributed by atoms with Gasteiger partial charge in [0.2, 0.25) is 0 Å². The van der Waals surface area contributed by atoms with E-state index < -0.39 is 11.9 Å². The molecule has 0 atom stereocenters. The molecule has 0 aliphatic heterocycles. The van der Waals surface area contributed by atoms with Crippen LogP contribution in [0.25, 0.3) is 0 Å². The molecule has 0 bridgehead atoms. The minimum absolute atomic E-state index is 0.00968. The highest BCUT2D eigenvalue weighted by atomic mass is 19.4. The number of hydrogen-bond donors (Lipinski definition) is 0. The molecule has 0 aromatic carbocycles. The number of rotatable bonds is 1. The van der Waals surface area contributed by atoms with E-state index in [2.05, 4.69) is 4.98 Å². The Morgan fingerprint density at radius 2 is 1.93 bits per heavy atom. The van der Waals surface area contributed by atoms with Crippen molar-refractivity contribution in [3.05, 3.63) is 29.1 Å². The second-order valence-corrected chi connectivity index (χ2v) is 2.64. The molecule has 1 aromatic rings. The summed E-state index contributed by atoms with van der Waals surface area (Å²) in [7, 11) is 0. The molecule has 0 amide bonds. The molecule has 0 fully saturated rings. The van der Waals surface area contributed by atoms with Gasteiger partial charge in [0.25, 0.3) is 0 Å². The first kappa shape index (κ1) is 11.0. The van der Waals surface area contributed by atoms with Gasteiger partial charge in [0.1, 0.15) is 11.8 Å². The van der Waals surface area contributed by atoms with Crippen LogP contribution in [0, 0.1) is 22.7 Å². The number of nitriles is 2. The average molecular weight is 211 g/mol. The number of nitrogens with zero attached hydrogens (tertiary/aromatic N) is 3. The van der Waals surface area contributed by atoms with Crippen LogP contribution in [0.2, 0.25) is 0 Å². The summed E-state index contributed by atoms with van der Waals surface area (Å²) >= 11 is 0. The summed E-state index contributed by atoms with van der Waals surface area (Å²) in [5.41, 5.74) is -1.24. The first-order valence-electron chi connectivity index (χ1n) is 3.83. The van der Waals surface area contributed by atoms with Gasteiger partial charge < -0.3 is 0 Å². The van der Waals surface area contributed by atoms with Gasteiger partial charge in [-0.2, -0.15) is 23.7 Å². The molecule has 1 rings (SSSR count). The largest absolute Gasteiger partial charge is 0.433 e. The van der Waals surface area contributed by atoms with Gasteiger partial charge in [-0.05, 0) is 12.1 Å². The molecule has 15 heavy (non-hydrogen) atoms.